The van der Waals surface area contributed by atoms with Crippen molar-refractivity contribution in [2.75, 3.05) is 13.2 Å². The number of ether oxygens (including phenoxy) is 2. The van der Waals surface area contributed by atoms with Crippen molar-refractivity contribution >= 4 is 11.9 Å². The Balaban J connectivity index is 1.97. The Morgan fingerprint density at radius 2 is 2.17 bits per heavy atom. The van der Waals surface area contributed by atoms with Crippen LogP contribution in [0.2, 0.25) is 0 Å². The normalized spacial score (nSPS) is 21.0. The van der Waals surface area contributed by atoms with E-state index in [9.17, 15) is 9.59 Å². The molecule has 0 aromatic carbocycles. The van der Waals surface area contributed by atoms with Crippen molar-refractivity contribution in [2.45, 2.75) is 51.2 Å². The fraction of sp³-hybridized carbons (Fsp3) is 0.588. The largest absolute Gasteiger partial charge is 0.457 e. The zero-order valence-corrected chi connectivity index (χ0v) is 13.9. The van der Waals surface area contributed by atoms with Gasteiger partial charge in [0.05, 0.1) is 0 Å². The van der Waals surface area contributed by atoms with E-state index in [1.54, 1.807) is 27.0 Å². The van der Waals surface area contributed by atoms with E-state index in [1.165, 1.54) is 0 Å². The predicted octanol–water partition coefficient (Wildman–Crippen LogP) is 1.63. The van der Waals surface area contributed by atoms with Crippen LogP contribution in [0.3, 0.4) is 0 Å². The summed E-state index contributed by atoms with van der Waals surface area (Å²) in [4.78, 5) is 29.2. The van der Waals surface area contributed by atoms with Crippen LogP contribution in [0.15, 0.2) is 24.4 Å². The van der Waals surface area contributed by atoms with Crippen molar-refractivity contribution in [3.8, 4) is 0 Å². The van der Waals surface area contributed by atoms with Gasteiger partial charge in [-0.25, -0.2) is 4.79 Å². The Bertz CT molecular complexity index is 545. The van der Waals surface area contributed by atoms with Crippen LogP contribution in [0.1, 0.15) is 39.3 Å². The monoisotopic (exact) mass is 320 g/mol. The Morgan fingerprint density at radius 3 is 2.74 bits per heavy atom. The smallest absolute Gasteiger partial charge is 0.348 e. The highest BCUT2D eigenvalue weighted by atomic mass is 16.6. The third-order valence-corrected chi connectivity index (χ3v) is 3.51. The molecule has 1 N–H and O–H groups in total. The molecular weight excluding hydrogens is 296 g/mol. The van der Waals surface area contributed by atoms with Crippen LogP contribution in [0.4, 0.5) is 0 Å². The second-order valence-corrected chi connectivity index (χ2v) is 6.61. The second-order valence-electron chi connectivity index (χ2n) is 6.61. The fourth-order valence-corrected chi connectivity index (χ4v) is 2.43. The number of rotatable bonds is 5. The molecule has 2 rings (SSSR count). The highest BCUT2D eigenvalue weighted by molar-refractivity contribution is 6.06. The highest BCUT2D eigenvalue weighted by Crippen LogP contribution is 2.29. The molecule has 0 spiro atoms. The van der Waals surface area contributed by atoms with Gasteiger partial charge in [-0.2, -0.15) is 0 Å². The van der Waals surface area contributed by atoms with Crippen molar-refractivity contribution in [3.63, 3.8) is 0 Å². The Labute approximate surface area is 136 Å². The first-order valence-electron chi connectivity index (χ1n) is 7.89. The number of hydrogen-bond acceptors (Lipinski definition) is 5. The lowest BCUT2D eigenvalue weighted by Gasteiger charge is -2.29. The van der Waals surface area contributed by atoms with Crippen molar-refractivity contribution in [3.05, 3.63) is 30.1 Å². The van der Waals surface area contributed by atoms with Crippen molar-refractivity contribution in [1.29, 1.82) is 0 Å². The van der Waals surface area contributed by atoms with Gasteiger partial charge in [-0.15, -0.1) is 0 Å². The van der Waals surface area contributed by atoms with Crippen molar-refractivity contribution < 1.29 is 19.1 Å². The second kappa shape index (κ2) is 7.08. The zero-order valence-electron chi connectivity index (χ0n) is 13.9. The average molecular weight is 320 g/mol. The average Bonchev–Trinajstić information content (AvgIpc) is 2.97. The van der Waals surface area contributed by atoms with E-state index in [0.717, 1.165) is 5.69 Å². The lowest BCUT2D eigenvalue weighted by molar-refractivity contribution is -0.182. The maximum absolute atomic E-state index is 12.5. The number of amides is 1. The minimum atomic E-state index is -1.52. The Morgan fingerprint density at radius 1 is 1.39 bits per heavy atom. The molecule has 0 aliphatic carbocycles. The standard InChI is InChI=1S/C17H24N2O4/c1-16(2,3)23-15(21)17(9-6-12-22-17)14(20)19-11-8-13-7-4-5-10-18-13/h4-5,7,10H,6,8-9,11-12H2,1-3H3,(H,19,20). The van der Waals surface area contributed by atoms with Crippen LogP contribution in [0, 0.1) is 0 Å². The molecular formula is C17H24N2O4. The number of esters is 1. The van der Waals surface area contributed by atoms with Crippen molar-refractivity contribution in [2.24, 2.45) is 0 Å². The van der Waals surface area contributed by atoms with E-state index < -0.39 is 23.1 Å². The highest BCUT2D eigenvalue weighted by Gasteiger charge is 2.52. The molecule has 1 aromatic rings. The van der Waals surface area contributed by atoms with Gasteiger partial charge in [-0.05, 0) is 45.7 Å². The minimum absolute atomic E-state index is 0.345. The summed E-state index contributed by atoms with van der Waals surface area (Å²) in [5.41, 5.74) is -1.30. The van der Waals surface area contributed by atoms with E-state index in [0.29, 0.717) is 32.4 Å². The van der Waals surface area contributed by atoms with Gasteiger partial charge in [-0.1, -0.05) is 6.07 Å². The Kier molecular flexibility index (Phi) is 5.36. The van der Waals surface area contributed by atoms with Crippen LogP contribution in [-0.4, -0.2) is 41.2 Å². The van der Waals surface area contributed by atoms with Crippen LogP contribution in [0.5, 0.6) is 0 Å². The summed E-state index contributed by atoms with van der Waals surface area (Å²) < 4.78 is 10.9. The van der Waals surface area contributed by atoms with Crippen LogP contribution in [0.25, 0.3) is 0 Å². The first kappa shape index (κ1) is 17.4. The molecule has 6 heteroatoms. The number of hydrogen-bond donors (Lipinski definition) is 1. The minimum Gasteiger partial charge on any atom is -0.457 e. The molecule has 1 amide bonds. The van der Waals surface area contributed by atoms with Crippen LogP contribution in [-0.2, 0) is 25.5 Å². The molecule has 1 atom stereocenters. The molecule has 2 heterocycles. The fourth-order valence-electron chi connectivity index (χ4n) is 2.43. The van der Waals surface area contributed by atoms with Gasteiger partial charge >= 0.3 is 5.97 Å². The number of carbonyl (C=O) groups excluding carboxylic acids is 2. The van der Waals surface area contributed by atoms with Gasteiger partial charge in [-0.3, -0.25) is 9.78 Å². The predicted molar refractivity (Wildman–Crippen MR) is 84.7 cm³/mol. The van der Waals surface area contributed by atoms with E-state index >= 15 is 0 Å². The molecule has 0 saturated carbocycles. The van der Waals surface area contributed by atoms with E-state index in [2.05, 4.69) is 10.3 Å². The molecule has 23 heavy (non-hydrogen) atoms. The van der Waals surface area contributed by atoms with Gasteiger partial charge in [0.15, 0.2) is 0 Å². The maximum Gasteiger partial charge on any atom is 0.348 e. The summed E-state index contributed by atoms with van der Waals surface area (Å²) >= 11 is 0. The summed E-state index contributed by atoms with van der Waals surface area (Å²) in [5.74, 6) is -1.04. The molecule has 1 aromatic heterocycles. The van der Waals surface area contributed by atoms with E-state index in [1.807, 2.05) is 18.2 Å². The van der Waals surface area contributed by atoms with Crippen LogP contribution >= 0.6 is 0 Å². The molecule has 1 saturated heterocycles. The van der Waals surface area contributed by atoms with Crippen LogP contribution < -0.4 is 5.32 Å². The lowest BCUT2D eigenvalue weighted by Crippen LogP contribution is -2.54. The Hall–Kier alpha value is -1.95. The number of pyridine rings is 1. The first-order chi connectivity index (χ1) is 10.8. The quantitative estimate of drug-likeness (QED) is 0.659. The number of nitrogens with zero attached hydrogens (tertiary/aromatic N) is 1. The van der Waals surface area contributed by atoms with Gasteiger partial charge < -0.3 is 14.8 Å². The molecule has 1 unspecified atom stereocenters. The number of carbonyl (C=O) groups is 2. The third kappa shape index (κ3) is 4.51. The molecule has 126 valence electrons. The number of aromatic nitrogens is 1. The van der Waals surface area contributed by atoms with E-state index in [-0.39, 0.29) is 0 Å². The topological polar surface area (TPSA) is 77.5 Å². The summed E-state index contributed by atoms with van der Waals surface area (Å²) in [6, 6.07) is 5.63. The van der Waals surface area contributed by atoms with Crippen molar-refractivity contribution in [1.82, 2.24) is 10.3 Å². The SMILES string of the molecule is CC(C)(C)OC(=O)C1(C(=O)NCCc2ccccn2)CCCO1. The van der Waals surface area contributed by atoms with Gasteiger partial charge in [0, 0.05) is 31.5 Å². The van der Waals surface area contributed by atoms with Gasteiger partial charge in [0.1, 0.15) is 5.60 Å². The molecule has 1 fully saturated rings. The summed E-state index contributed by atoms with van der Waals surface area (Å²) in [6.45, 7) is 6.09. The third-order valence-electron chi connectivity index (χ3n) is 3.51. The molecule has 0 bridgehead atoms. The molecule has 1 aliphatic rings. The molecule has 0 radical (unpaired) electrons. The summed E-state index contributed by atoms with van der Waals surface area (Å²) in [5, 5.41) is 2.78. The maximum atomic E-state index is 12.5. The number of nitrogens with one attached hydrogen (secondary N) is 1. The zero-order chi connectivity index (χ0) is 16.9. The molecule has 6 nitrogen and oxygen atoms in total. The summed E-state index contributed by atoms with van der Waals surface area (Å²) in [6.07, 6.45) is 3.31. The van der Waals surface area contributed by atoms with E-state index in [4.69, 9.17) is 9.47 Å². The summed E-state index contributed by atoms with van der Waals surface area (Å²) in [7, 11) is 0. The first-order valence-corrected chi connectivity index (χ1v) is 7.89. The molecule has 1 aliphatic heterocycles. The van der Waals surface area contributed by atoms with Gasteiger partial charge in [0.25, 0.3) is 5.91 Å². The van der Waals surface area contributed by atoms with Gasteiger partial charge in [0.2, 0.25) is 5.60 Å². The lowest BCUT2D eigenvalue weighted by atomic mass is 9.98.